The predicted molar refractivity (Wildman–Crippen MR) is 154 cm³/mol. The van der Waals surface area contributed by atoms with Gasteiger partial charge in [-0.15, -0.1) is 0 Å². The van der Waals surface area contributed by atoms with E-state index < -0.39 is 4.92 Å². The van der Waals surface area contributed by atoms with Crippen LogP contribution in [0.2, 0.25) is 0 Å². The molecule has 3 aromatic carbocycles. The molecule has 0 radical (unpaired) electrons. The molecular weight excluding hydrogens is 526 g/mol. The minimum Gasteiger partial charge on any atom is -0.486 e. The molecule has 3 aromatic rings. The van der Waals surface area contributed by atoms with Gasteiger partial charge in [-0.2, -0.15) is 0 Å². The Morgan fingerprint density at radius 3 is 2.44 bits per heavy atom. The fourth-order valence-electron chi connectivity index (χ4n) is 5.19. The molecule has 0 spiro atoms. The average molecular weight is 556 g/mol. The molecule has 0 aliphatic carbocycles. The predicted octanol–water partition coefficient (Wildman–Crippen LogP) is 3.62. The number of nitrogens with zero attached hydrogens (tertiary/aromatic N) is 3. The Balaban J connectivity index is 1.32. The second-order valence-corrected chi connectivity index (χ2v) is 10.2. The van der Waals surface area contributed by atoms with E-state index in [2.05, 4.69) is 22.6 Å². The number of nitro groups is 1. The van der Waals surface area contributed by atoms with E-state index in [9.17, 15) is 19.7 Å². The van der Waals surface area contributed by atoms with Crippen LogP contribution in [0.15, 0.2) is 60.7 Å². The molecule has 2 amide bonds. The van der Waals surface area contributed by atoms with E-state index in [1.165, 1.54) is 12.1 Å². The number of piperazine rings is 1. The number of hydrogen-bond acceptors (Lipinski definition) is 8. The van der Waals surface area contributed by atoms with Crippen LogP contribution in [0, 0.1) is 10.1 Å². The largest absolute Gasteiger partial charge is 0.486 e. The second kappa shape index (κ2) is 10.9. The summed E-state index contributed by atoms with van der Waals surface area (Å²) in [6.45, 7) is 4.07. The summed E-state index contributed by atoms with van der Waals surface area (Å²) in [5.74, 6) is 0.901. The summed E-state index contributed by atoms with van der Waals surface area (Å²) in [6, 6.07) is 17.3. The van der Waals surface area contributed by atoms with Crippen LogP contribution in [-0.2, 0) is 16.0 Å². The van der Waals surface area contributed by atoms with E-state index >= 15 is 0 Å². The van der Waals surface area contributed by atoms with Gasteiger partial charge >= 0.3 is 0 Å². The maximum Gasteiger partial charge on any atom is 0.271 e. The van der Waals surface area contributed by atoms with Crippen LogP contribution in [0.1, 0.15) is 16.7 Å². The molecule has 41 heavy (non-hydrogen) atoms. The summed E-state index contributed by atoms with van der Waals surface area (Å²) in [5, 5.41) is 17.5. The van der Waals surface area contributed by atoms with Gasteiger partial charge in [-0.05, 0) is 49.0 Å². The van der Waals surface area contributed by atoms with E-state index in [0.717, 1.165) is 31.7 Å². The van der Waals surface area contributed by atoms with Crippen molar-refractivity contribution in [3.8, 4) is 11.5 Å². The summed E-state index contributed by atoms with van der Waals surface area (Å²) in [5.41, 5.74) is 3.95. The third kappa shape index (κ3) is 5.44. The summed E-state index contributed by atoms with van der Waals surface area (Å²) in [4.78, 5) is 41.0. The van der Waals surface area contributed by atoms with E-state index in [1.54, 1.807) is 12.1 Å². The molecule has 0 unspecified atom stereocenters. The number of fused-ring (bicyclic) bond motifs is 2. The highest BCUT2D eigenvalue weighted by Gasteiger charge is 2.30. The van der Waals surface area contributed by atoms with Crippen molar-refractivity contribution in [2.75, 3.05) is 57.1 Å². The highest BCUT2D eigenvalue weighted by molar-refractivity contribution is 6.37. The van der Waals surface area contributed by atoms with Gasteiger partial charge in [-0.3, -0.25) is 19.7 Å². The van der Waals surface area contributed by atoms with Crippen molar-refractivity contribution in [2.24, 2.45) is 0 Å². The first-order valence-corrected chi connectivity index (χ1v) is 13.4. The van der Waals surface area contributed by atoms with Crippen molar-refractivity contribution in [1.82, 2.24) is 9.80 Å². The lowest BCUT2D eigenvalue weighted by Crippen LogP contribution is -2.47. The maximum atomic E-state index is 13.3. The molecule has 1 fully saturated rings. The van der Waals surface area contributed by atoms with Gasteiger partial charge in [0.1, 0.15) is 13.2 Å². The van der Waals surface area contributed by atoms with E-state index in [0.29, 0.717) is 64.9 Å². The number of non-ortho nitro benzene ring substituents is 1. The fourth-order valence-corrected chi connectivity index (χ4v) is 5.19. The van der Waals surface area contributed by atoms with Crippen molar-refractivity contribution < 1.29 is 24.0 Å². The Labute approximate surface area is 236 Å². The van der Waals surface area contributed by atoms with Crippen LogP contribution in [0.5, 0.6) is 11.5 Å². The van der Waals surface area contributed by atoms with E-state index in [4.69, 9.17) is 9.47 Å². The monoisotopic (exact) mass is 555 g/mol. The van der Waals surface area contributed by atoms with Gasteiger partial charge in [0.05, 0.1) is 28.3 Å². The van der Waals surface area contributed by atoms with Crippen LogP contribution in [0.3, 0.4) is 0 Å². The highest BCUT2D eigenvalue weighted by atomic mass is 16.6. The third-order valence-electron chi connectivity index (χ3n) is 7.47. The zero-order valence-electron chi connectivity index (χ0n) is 22.5. The first-order valence-electron chi connectivity index (χ1n) is 13.4. The number of rotatable bonds is 6. The number of ether oxygens (including phenoxy) is 2. The molecule has 0 aromatic heterocycles. The molecule has 3 aliphatic rings. The number of benzene rings is 3. The molecule has 0 saturated carbocycles. The molecule has 0 atom stereocenters. The van der Waals surface area contributed by atoms with E-state index in [1.807, 2.05) is 41.3 Å². The van der Waals surface area contributed by atoms with Gasteiger partial charge in [0.15, 0.2) is 11.5 Å². The Morgan fingerprint density at radius 2 is 1.71 bits per heavy atom. The first-order chi connectivity index (χ1) is 19.9. The summed E-state index contributed by atoms with van der Waals surface area (Å²) in [7, 11) is 2.06. The summed E-state index contributed by atoms with van der Waals surface area (Å²) in [6.07, 6.45) is 0.314. The second-order valence-electron chi connectivity index (χ2n) is 10.2. The normalized spacial score (nSPS) is 17.5. The molecule has 6 rings (SSSR count). The zero-order chi connectivity index (χ0) is 28.5. The van der Waals surface area contributed by atoms with Gasteiger partial charge in [0, 0.05) is 55.1 Å². The SMILES string of the molecule is CN1CCN(C(=O)Cc2ccc(NC(=C3C(=O)Nc4cc([N+](=O)[O-])ccc43)c3ccc4c(c3)OCCO4)cc2)CC1. The van der Waals surface area contributed by atoms with Gasteiger partial charge in [0.2, 0.25) is 5.91 Å². The number of hydrogen-bond donors (Lipinski definition) is 2. The number of nitro benzene ring substituents is 1. The summed E-state index contributed by atoms with van der Waals surface area (Å²) < 4.78 is 11.5. The quantitative estimate of drug-likeness (QED) is 0.268. The van der Waals surface area contributed by atoms with Crippen molar-refractivity contribution in [2.45, 2.75) is 6.42 Å². The first kappa shape index (κ1) is 26.3. The fraction of sp³-hybridized carbons (Fsp3) is 0.267. The van der Waals surface area contributed by atoms with Crippen LogP contribution >= 0.6 is 0 Å². The van der Waals surface area contributed by atoms with Gasteiger partial charge in [-0.25, -0.2) is 0 Å². The molecule has 2 N–H and O–H groups in total. The topological polar surface area (TPSA) is 126 Å². The smallest absolute Gasteiger partial charge is 0.271 e. The van der Waals surface area contributed by atoms with Gasteiger partial charge < -0.3 is 29.9 Å². The van der Waals surface area contributed by atoms with Crippen LogP contribution < -0.4 is 20.1 Å². The Bertz CT molecular complexity index is 1560. The zero-order valence-corrected chi connectivity index (χ0v) is 22.5. The Kier molecular flexibility index (Phi) is 7.02. The molecule has 3 heterocycles. The summed E-state index contributed by atoms with van der Waals surface area (Å²) >= 11 is 0. The number of carbonyl (C=O) groups is 2. The average Bonchev–Trinajstić information content (AvgIpc) is 3.31. The molecule has 3 aliphatic heterocycles. The van der Waals surface area contributed by atoms with Crippen LogP contribution in [0.25, 0.3) is 11.3 Å². The van der Waals surface area contributed by atoms with Crippen molar-refractivity contribution in [1.29, 1.82) is 0 Å². The van der Waals surface area contributed by atoms with Gasteiger partial charge in [-0.1, -0.05) is 12.1 Å². The molecular formula is C30H29N5O6. The van der Waals surface area contributed by atoms with Crippen LogP contribution in [-0.4, -0.2) is 73.0 Å². The molecule has 0 bridgehead atoms. The van der Waals surface area contributed by atoms with Crippen molar-refractivity contribution in [3.05, 3.63) is 87.5 Å². The standard InChI is InChI=1S/C30H29N5O6/c1-33-10-12-34(13-11-33)27(36)16-19-2-5-21(6-3-19)31-29(20-4-9-25-26(17-20)41-15-14-40-25)28-23-8-7-22(35(38)39)18-24(23)32-30(28)37/h2-9,17-18,31H,10-16H2,1H3,(H,32,37). The van der Waals surface area contributed by atoms with Gasteiger partial charge in [0.25, 0.3) is 11.6 Å². The molecule has 210 valence electrons. The molecule has 11 nitrogen and oxygen atoms in total. The Morgan fingerprint density at radius 1 is 0.976 bits per heavy atom. The van der Waals surface area contributed by atoms with Crippen molar-refractivity contribution >= 4 is 40.1 Å². The Hall–Kier alpha value is -4.90. The lowest BCUT2D eigenvalue weighted by Gasteiger charge is -2.32. The number of carbonyl (C=O) groups excluding carboxylic acids is 2. The number of anilines is 2. The third-order valence-corrected chi connectivity index (χ3v) is 7.47. The lowest BCUT2D eigenvalue weighted by molar-refractivity contribution is -0.384. The van der Waals surface area contributed by atoms with Crippen LogP contribution in [0.4, 0.5) is 17.1 Å². The minimum absolute atomic E-state index is 0.103. The minimum atomic E-state index is -0.496. The van der Waals surface area contributed by atoms with Crippen molar-refractivity contribution in [3.63, 3.8) is 0 Å². The van der Waals surface area contributed by atoms with E-state index in [-0.39, 0.29) is 17.5 Å². The maximum absolute atomic E-state index is 13.3. The highest BCUT2D eigenvalue weighted by Crippen LogP contribution is 2.41. The number of likely N-dealkylation sites (N-methyl/N-ethyl adjacent to an activating group) is 1. The molecule has 1 saturated heterocycles. The number of amides is 2. The number of nitrogens with one attached hydrogen (secondary N) is 2. The lowest BCUT2D eigenvalue weighted by atomic mass is 9.99. The molecule has 11 heteroatoms.